The van der Waals surface area contributed by atoms with Crippen molar-refractivity contribution >= 4 is 34.9 Å². The number of ether oxygens (including phenoxy) is 2. The number of carbonyl (C=O) groups is 3. The maximum absolute atomic E-state index is 12.7. The molecule has 2 aliphatic rings. The van der Waals surface area contributed by atoms with Gasteiger partial charge in [0.1, 0.15) is 6.54 Å². The molecular weight excluding hydrogens is 396 g/mol. The van der Waals surface area contributed by atoms with Crippen molar-refractivity contribution in [1.29, 1.82) is 0 Å². The summed E-state index contributed by atoms with van der Waals surface area (Å²) in [5, 5.41) is 9.53. The van der Waals surface area contributed by atoms with Gasteiger partial charge in [-0.2, -0.15) is 0 Å². The predicted molar refractivity (Wildman–Crippen MR) is 109 cm³/mol. The van der Waals surface area contributed by atoms with Crippen molar-refractivity contribution < 1.29 is 29.0 Å². The molecule has 0 unspecified atom stereocenters. The third kappa shape index (κ3) is 4.50. The summed E-state index contributed by atoms with van der Waals surface area (Å²) in [6.07, 6.45) is 3.37. The fourth-order valence-electron chi connectivity index (χ4n) is 3.28. The highest BCUT2D eigenvalue weighted by molar-refractivity contribution is 8.18. The third-order valence-corrected chi connectivity index (χ3v) is 6.01. The monoisotopic (exact) mass is 420 g/mol. The van der Waals surface area contributed by atoms with Crippen LogP contribution in [0, 0.1) is 5.92 Å². The molecule has 2 heterocycles. The molecule has 0 atom stereocenters. The second-order valence-electron chi connectivity index (χ2n) is 7.11. The molecule has 9 heteroatoms. The normalized spacial score (nSPS) is 19.2. The zero-order valence-corrected chi connectivity index (χ0v) is 17.5. The summed E-state index contributed by atoms with van der Waals surface area (Å²) in [5.41, 5.74) is 0.526. The Bertz CT molecular complexity index is 836. The Hall–Kier alpha value is -2.68. The number of amides is 3. The minimum atomic E-state index is -0.510. The van der Waals surface area contributed by atoms with Crippen LogP contribution in [0.4, 0.5) is 4.79 Å². The van der Waals surface area contributed by atoms with E-state index in [0.717, 1.165) is 29.5 Å². The van der Waals surface area contributed by atoms with E-state index in [-0.39, 0.29) is 34.6 Å². The van der Waals surface area contributed by atoms with Gasteiger partial charge < -0.3 is 19.5 Å². The first-order valence-corrected chi connectivity index (χ1v) is 10.1. The van der Waals surface area contributed by atoms with Crippen LogP contribution in [-0.4, -0.2) is 65.8 Å². The van der Waals surface area contributed by atoms with Crippen LogP contribution in [0.5, 0.6) is 17.2 Å². The molecule has 0 aliphatic carbocycles. The number of nitrogens with zero attached hydrogens (tertiary/aromatic N) is 2. The van der Waals surface area contributed by atoms with E-state index < -0.39 is 11.1 Å². The molecule has 2 aliphatic heterocycles. The summed E-state index contributed by atoms with van der Waals surface area (Å²) in [6.45, 7) is 3.20. The molecule has 3 amide bonds. The van der Waals surface area contributed by atoms with Crippen molar-refractivity contribution in [3.8, 4) is 17.2 Å². The summed E-state index contributed by atoms with van der Waals surface area (Å²) in [6, 6.07) is 3.07. The van der Waals surface area contributed by atoms with Gasteiger partial charge in [-0.15, -0.1) is 0 Å². The molecule has 1 aromatic rings. The summed E-state index contributed by atoms with van der Waals surface area (Å²) in [5.74, 6) is 0.0759. The number of phenolic OH excluding ortho intramolecular Hbond substituents is 1. The number of piperidine rings is 1. The predicted octanol–water partition coefficient (Wildman–Crippen LogP) is 2.70. The zero-order valence-electron chi connectivity index (χ0n) is 16.6. The Morgan fingerprint density at radius 1 is 1.21 bits per heavy atom. The van der Waals surface area contributed by atoms with E-state index in [2.05, 4.69) is 6.92 Å². The highest BCUT2D eigenvalue weighted by atomic mass is 32.2. The third-order valence-electron chi connectivity index (χ3n) is 5.10. The van der Waals surface area contributed by atoms with E-state index in [1.165, 1.54) is 32.4 Å². The standard InChI is InChI=1S/C20H24N2O6S/c1-12-4-6-21(7-5-12)17(23)11-22-19(25)16(29-20(22)26)10-13-8-14(27-2)18(24)15(9-13)28-3/h8-10,12,24H,4-7,11H2,1-3H3/b16-10+. The van der Waals surface area contributed by atoms with E-state index >= 15 is 0 Å². The number of carbonyl (C=O) groups excluding carboxylic acids is 3. The van der Waals surface area contributed by atoms with E-state index in [4.69, 9.17) is 9.47 Å². The van der Waals surface area contributed by atoms with Gasteiger partial charge in [-0.05, 0) is 54.3 Å². The van der Waals surface area contributed by atoms with Crippen LogP contribution in [0.1, 0.15) is 25.3 Å². The maximum atomic E-state index is 12.7. The molecule has 3 rings (SSSR count). The first kappa shape index (κ1) is 21.0. The molecule has 0 saturated carbocycles. The lowest BCUT2D eigenvalue weighted by molar-refractivity contribution is -0.136. The van der Waals surface area contributed by atoms with Crippen LogP contribution in [0.3, 0.4) is 0 Å². The summed E-state index contributed by atoms with van der Waals surface area (Å²) in [7, 11) is 2.80. The van der Waals surface area contributed by atoms with E-state index in [9.17, 15) is 19.5 Å². The quantitative estimate of drug-likeness (QED) is 0.732. The second-order valence-corrected chi connectivity index (χ2v) is 8.10. The Kier molecular flexibility index (Phi) is 6.36. The van der Waals surface area contributed by atoms with Crippen LogP contribution in [0.15, 0.2) is 17.0 Å². The van der Waals surface area contributed by atoms with Gasteiger partial charge in [0.2, 0.25) is 11.7 Å². The fourth-order valence-corrected chi connectivity index (χ4v) is 4.12. The van der Waals surface area contributed by atoms with Crippen LogP contribution >= 0.6 is 11.8 Å². The second kappa shape index (κ2) is 8.77. The van der Waals surface area contributed by atoms with Crippen LogP contribution in [-0.2, 0) is 9.59 Å². The molecule has 29 heavy (non-hydrogen) atoms. The van der Waals surface area contributed by atoms with Gasteiger partial charge in [-0.1, -0.05) is 6.92 Å². The number of aromatic hydroxyl groups is 1. The van der Waals surface area contributed by atoms with Gasteiger partial charge in [0.05, 0.1) is 19.1 Å². The van der Waals surface area contributed by atoms with Gasteiger partial charge in [0.25, 0.3) is 11.1 Å². The zero-order chi connectivity index (χ0) is 21.1. The molecule has 1 aromatic carbocycles. The van der Waals surface area contributed by atoms with Crippen LogP contribution < -0.4 is 9.47 Å². The van der Waals surface area contributed by atoms with Crippen LogP contribution in [0.25, 0.3) is 6.08 Å². The SMILES string of the molecule is COc1cc(/C=C2/SC(=O)N(CC(=O)N3CCC(C)CC3)C2=O)cc(OC)c1O. The number of thioether (sulfide) groups is 1. The Balaban J connectivity index is 1.76. The number of benzene rings is 1. The van der Waals surface area contributed by atoms with Crippen LogP contribution in [0.2, 0.25) is 0 Å². The Morgan fingerprint density at radius 3 is 2.34 bits per heavy atom. The minimum absolute atomic E-state index is 0.151. The van der Waals surface area contributed by atoms with Gasteiger partial charge >= 0.3 is 0 Å². The molecule has 1 N–H and O–H groups in total. The number of hydrogen-bond acceptors (Lipinski definition) is 7. The lowest BCUT2D eigenvalue weighted by Crippen LogP contribution is -2.45. The minimum Gasteiger partial charge on any atom is -0.502 e. The van der Waals surface area contributed by atoms with Gasteiger partial charge in [0, 0.05) is 13.1 Å². The fraction of sp³-hybridized carbons (Fsp3) is 0.450. The molecule has 8 nitrogen and oxygen atoms in total. The van der Waals surface area contributed by atoms with Crippen molar-refractivity contribution in [3.05, 3.63) is 22.6 Å². The van der Waals surface area contributed by atoms with Crippen molar-refractivity contribution in [2.45, 2.75) is 19.8 Å². The molecule has 2 saturated heterocycles. The number of methoxy groups -OCH3 is 2. The largest absolute Gasteiger partial charge is 0.502 e. The van der Waals surface area contributed by atoms with Gasteiger partial charge in [-0.25, -0.2) is 0 Å². The number of rotatable bonds is 5. The molecule has 0 spiro atoms. The van der Waals surface area contributed by atoms with Crippen molar-refractivity contribution in [3.63, 3.8) is 0 Å². The number of phenols is 1. The highest BCUT2D eigenvalue weighted by Gasteiger charge is 2.37. The lowest BCUT2D eigenvalue weighted by Gasteiger charge is -2.31. The lowest BCUT2D eigenvalue weighted by atomic mass is 9.99. The highest BCUT2D eigenvalue weighted by Crippen LogP contribution is 2.39. The number of likely N-dealkylation sites (tertiary alicyclic amines) is 1. The first-order chi connectivity index (χ1) is 13.8. The molecule has 0 aromatic heterocycles. The average molecular weight is 420 g/mol. The van der Waals surface area contributed by atoms with Gasteiger partial charge in [-0.3, -0.25) is 19.3 Å². The van der Waals surface area contributed by atoms with Gasteiger partial charge in [0.15, 0.2) is 11.5 Å². The Morgan fingerprint density at radius 2 is 1.79 bits per heavy atom. The number of imide groups is 1. The summed E-state index contributed by atoms with van der Waals surface area (Å²) < 4.78 is 10.2. The molecule has 0 radical (unpaired) electrons. The number of hydrogen-bond donors (Lipinski definition) is 1. The van der Waals surface area contributed by atoms with Crippen molar-refractivity contribution in [1.82, 2.24) is 9.80 Å². The molecular formula is C20H24N2O6S. The van der Waals surface area contributed by atoms with E-state index in [1.807, 2.05) is 0 Å². The molecule has 2 fully saturated rings. The summed E-state index contributed by atoms with van der Waals surface area (Å²) >= 11 is 0.780. The Labute approximate surface area is 173 Å². The topological polar surface area (TPSA) is 96.4 Å². The van der Waals surface area contributed by atoms with Crippen molar-refractivity contribution in [2.75, 3.05) is 33.9 Å². The van der Waals surface area contributed by atoms with E-state index in [1.54, 1.807) is 4.90 Å². The first-order valence-electron chi connectivity index (χ1n) is 9.32. The maximum Gasteiger partial charge on any atom is 0.294 e. The molecule has 156 valence electrons. The van der Waals surface area contributed by atoms with Crippen molar-refractivity contribution in [2.24, 2.45) is 5.92 Å². The summed E-state index contributed by atoms with van der Waals surface area (Å²) in [4.78, 5) is 40.4. The smallest absolute Gasteiger partial charge is 0.294 e. The average Bonchev–Trinajstić information content (AvgIpc) is 2.96. The van der Waals surface area contributed by atoms with E-state index in [0.29, 0.717) is 24.6 Å². The molecule has 0 bridgehead atoms.